The Balaban J connectivity index is 0.000000236. The Kier molecular flexibility index (Phi) is 7.14. The SMILES string of the molecule is C[P+](c1ccccc1)(c1ccccc1)c1ccccc1.Fc1cccc(Br)c1. The van der Waals surface area contributed by atoms with E-state index in [2.05, 4.69) is 114 Å². The van der Waals surface area contributed by atoms with Gasteiger partial charge in [0, 0.05) is 4.47 Å². The standard InChI is InChI=1S/C19H18P.C6H4BrF/c1-20(17-11-5-2-6-12-17,18-13-7-3-8-14-18)19-15-9-4-10-16-19;7-5-2-1-3-6(8)4-5/h2-16H,1H3;1-4H/q+1;. The Bertz CT molecular complexity index is 875. The highest BCUT2D eigenvalue weighted by atomic mass is 79.9. The first kappa shape index (κ1) is 20.5. The highest BCUT2D eigenvalue weighted by Crippen LogP contribution is 2.51. The average molecular weight is 452 g/mol. The summed E-state index contributed by atoms with van der Waals surface area (Å²) in [6.07, 6.45) is 0. The van der Waals surface area contributed by atoms with E-state index in [1.165, 1.54) is 28.0 Å². The van der Waals surface area contributed by atoms with E-state index in [9.17, 15) is 4.39 Å². The molecule has 0 aliphatic carbocycles. The minimum Gasteiger partial charge on any atom is -0.207 e. The molecule has 0 heterocycles. The summed E-state index contributed by atoms with van der Waals surface area (Å²) in [6, 6.07) is 38.9. The zero-order valence-corrected chi connectivity index (χ0v) is 18.2. The van der Waals surface area contributed by atoms with Crippen molar-refractivity contribution < 1.29 is 4.39 Å². The van der Waals surface area contributed by atoms with Gasteiger partial charge in [-0.05, 0) is 54.6 Å². The molecule has 4 aromatic rings. The molecular weight excluding hydrogens is 430 g/mol. The average Bonchev–Trinajstić information content (AvgIpc) is 2.75. The molecule has 0 amide bonds. The molecule has 0 atom stereocenters. The van der Waals surface area contributed by atoms with E-state index >= 15 is 0 Å². The lowest BCUT2D eigenvalue weighted by atomic mass is 10.4. The first-order valence-corrected chi connectivity index (χ1v) is 12.1. The summed E-state index contributed by atoms with van der Waals surface area (Å²) < 4.78 is 12.9. The second-order valence-corrected chi connectivity index (χ2v) is 10.9. The summed E-state index contributed by atoms with van der Waals surface area (Å²) in [4.78, 5) is 0. The molecule has 28 heavy (non-hydrogen) atoms. The van der Waals surface area contributed by atoms with Crippen molar-refractivity contribution in [2.45, 2.75) is 0 Å². The van der Waals surface area contributed by atoms with E-state index in [1.807, 2.05) is 0 Å². The number of rotatable bonds is 3. The van der Waals surface area contributed by atoms with Crippen molar-refractivity contribution in [1.82, 2.24) is 0 Å². The Labute approximate surface area is 175 Å². The van der Waals surface area contributed by atoms with Crippen molar-refractivity contribution in [3.63, 3.8) is 0 Å². The zero-order chi connectivity index (χ0) is 19.8. The highest BCUT2D eigenvalue weighted by Gasteiger charge is 2.39. The van der Waals surface area contributed by atoms with Gasteiger partial charge < -0.3 is 0 Å². The normalized spacial score (nSPS) is 10.7. The molecule has 0 unspecified atom stereocenters. The van der Waals surface area contributed by atoms with Gasteiger partial charge in [0.15, 0.2) is 0 Å². The first-order chi connectivity index (χ1) is 13.6. The highest BCUT2D eigenvalue weighted by molar-refractivity contribution is 9.10. The molecular formula is C25H22BrFP+. The predicted molar refractivity (Wildman–Crippen MR) is 125 cm³/mol. The van der Waals surface area contributed by atoms with Crippen molar-refractivity contribution in [1.29, 1.82) is 0 Å². The van der Waals surface area contributed by atoms with E-state index in [4.69, 9.17) is 0 Å². The van der Waals surface area contributed by atoms with E-state index in [0.29, 0.717) is 0 Å². The molecule has 4 aromatic carbocycles. The molecule has 0 N–H and O–H groups in total. The Hall–Kier alpha value is -2.28. The van der Waals surface area contributed by atoms with Gasteiger partial charge in [0.1, 0.15) is 29.0 Å². The Morgan fingerprint density at radius 1 is 0.571 bits per heavy atom. The summed E-state index contributed by atoms with van der Waals surface area (Å²) in [5, 5.41) is 4.28. The molecule has 3 heteroatoms. The molecule has 0 nitrogen and oxygen atoms in total. The fraction of sp³-hybridized carbons (Fsp3) is 0.0400. The van der Waals surface area contributed by atoms with E-state index < -0.39 is 7.26 Å². The molecule has 0 saturated carbocycles. The molecule has 4 rings (SSSR count). The fourth-order valence-corrected chi connectivity index (χ4v) is 6.66. The van der Waals surface area contributed by atoms with Crippen LogP contribution >= 0.6 is 23.2 Å². The first-order valence-electron chi connectivity index (χ1n) is 9.05. The molecule has 0 aliphatic rings. The summed E-state index contributed by atoms with van der Waals surface area (Å²) in [6.45, 7) is 2.41. The van der Waals surface area contributed by atoms with Gasteiger partial charge in [-0.15, -0.1) is 0 Å². The predicted octanol–water partition coefficient (Wildman–Crippen LogP) is 6.20. The van der Waals surface area contributed by atoms with Crippen LogP contribution < -0.4 is 15.9 Å². The second-order valence-electron chi connectivity index (χ2n) is 6.45. The summed E-state index contributed by atoms with van der Waals surface area (Å²) in [7, 11) is -1.53. The van der Waals surface area contributed by atoms with Gasteiger partial charge in [0.25, 0.3) is 0 Å². The number of hydrogen-bond acceptors (Lipinski definition) is 0. The van der Waals surface area contributed by atoms with Crippen LogP contribution in [0.5, 0.6) is 0 Å². The van der Waals surface area contributed by atoms with Crippen LogP contribution in [0.25, 0.3) is 0 Å². The number of halogens is 2. The van der Waals surface area contributed by atoms with Crippen LogP contribution in [0.3, 0.4) is 0 Å². The topological polar surface area (TPSA) is 0 Å². The number of benzene rings is 4. The van der Waals surface area contributed by atoms with E-state index in [-0.39, 0.29) is 5.82 Å². The van der Waals surface area contributed by atoms with Crippen LogP contribution in [-0.2, 0) is 0 Å². The molecule has 0 spiro atoms. The van der Waals surface area contributed by atoms with Gasteiger partial charge in [0.05, 0.1) is 6.66 Å². The lowest BCUT2D eigenvalue weighted by Crippen LogP contribution is -2.30. The monoisotopic (exact) mass is 451 g/mol. The van der Waals surface area contributed by atoms with Crippen molar-refractivity contribution in [3.05, 3.63) is 126 Å². The molecule has 0 saturated heterocycles. The van der Waals surface area contributed by atoms with Gasteiger partial charge in [-0.2, -0.15) is 0 Å². The lowest BCUT2D eigenvalue weighted by molar-refractivity contribution is 0.627. The van der Waals surface area contributed by atoms with Gasteiger partial charge in [-0.3, -0.25) is 0 Å². The van der Waals surface area contributed by atoms with Crippen LogP contribution in [0.4, 0.5) is 4.39 Å². The summed E-state index contributed by atoms with van der Waals surface area (Å²) in [5.41, 5.74) is 0. The third-order valence-corrected chi connectivity index (χ3v) is 9.09. The zero-order valence-electron chi connectivity index (χ0n) is 15.7. The van der Waals surface area contributed by atoms with Gasteiger partial charge >= 0.3 is 0 Å². The van der Waals surface area contributed by atoms with E-state index in [1.54, 1.807) is 12.1 Å². The molecule has 0 fully saturated rings. The quantitative estimate of drug-likeness (QED) is 0.325. The maximum Gasteiger partial charge on any atom is 0.124 e. The van der Waals surface area contributed by atoms with Crippen LogP contribution in [0.2, 0.25) is 0 Å². The minimum absolute atomic E-state index is 0.209. The smallest absolute Gasteiger partial charge is 0.124 e. The Morgan fingerprint density at radius 2 is 0.964 bits per heavy atom. The summed E-state index contributed by atoms with van der Waals surface area (Å²) in [5.74, 6) is -0.209. The molecule has 0 radical (unpaired) electrons. The number of hydrogen-bond donors (Lipinski definition) is 0. The molecule has 140 valence electrons. The van der Waals surface area contributed by atoms with Crippen molar-refractivity contribution >= 4 is 39.1 Å². The van der Waals surface area contributed by atoms with Crippen molar-refractivity contribution in [3.8, 4) is 0 Å². The fourth-order valence-electron chi connectivity index (χ4n) is 3.09. The van der Waals surface area contributed by atoms with Crippen LogP contribution in [0.1, 0.15) is 0 Å². The minimum atomic E-state index is -1.53. The lowest BCUT2D eigenvalue weighted by Gasteiger charge is -2.22. The van der Waals surface area contributed by atoms with Gasteiger partial charge in [0.2, 0.25) is 0 Å². The third-order valence-electron chi connectivity index (χ3n) is 4.60. The van der Waals surface area contributed by atoms with Crippen LogP contribution in [-0.4, -0.2) is 6.66 Å². The van der Waals surface area contributed by atoms with Gasteiger partial charge in [-0.25, -0.2) is 4.39 Å². The maximum atomic E-state index is 12.1. The largest absolute Gasteiger partial charge is 0.207 e. The van der Waals surface area contributed by atoms with Crippen molar-refractivity contribution in [2.24, 2.45) is 0 Å². The van der Waals surface area contributed by atoms with Gasteiger partial charge in [-0.1, -0.05) is 76.6 Å². The van der Waals surface area contributed by atoms with Crippen LogP contribution in [0.15, 0.2) is 120 Å². The molecule has 0 aromatic heterocycles. The van der Waals surface area contributed by atoms with Crippen molar-refractivity contribution in [2.75, 3.05) is 6.66 Å². The molecule has 0 bridgehead atoms. The Morgan fingerprint density at radius 3 is 1.25 bits per heavy atom. The maximum absolute atomic E-state index is 12.1. The second kappa shape index (κ2) is 9.78. The summed E-state index contributed by atoms with van der Waals surface area (Å²) >= 11 is 3.12. The third kappa shape index (κ3) is 4.95. The van der Waals surface area contributed by atoms with E-state index in [0.717, 1.165) is 4.47 Å². The van der Waals surface area contributed by atoms with Crippen LogP contribution in [0, 0.1) is 5.82 Å². The molecule has 0 aliphatic heterocycles.